The number of rotatable bonds is 5. The van der Waals surface area contributed by atoms with Gasteiger partial charge in [-0.2, -0.15) is 0 Å². The van der Waals surface area contributed by atoms with Crippen molar-refractivity contribution in [2.24, 2.45) is 5.92 Å². The molecule has 0 amide bonds. The minimum atomic E-state index is -0.730. The van der Waals surface area contributed by atoms with E-state index in [4.69, 9.17) is 26.1 Å². The number of hydrogen-bond acceptors (Lipinski definition) is 7. The van der Waals surface area contributed by atoms with E-state index in [0.29, 0.717) is 43.4 Å². The first-order valence-corrected chi connectivity index (χ1v) is 10.5. The molecule has 2 aliphatic rings. The summed E-state index contributed by atoms with van der Waals surface area (Å²) >= 11 is 6.47. The zero-order valence-corrected chi connectivity index (χ0v) is 17.4. The number of aromatic nitrogens is 2. The lowest BCUT2D eigenvalue weighted by atomic mass is 9.97. The number of carboxylic acids is 1. The summed E-state index contributed by atoms with van der Waals surface area (Å²) in [5.41, 5.74) is 2.59. The fraction of sp³-hybridized carbons (Fsp3) is 0.318. The molecule has 0 unspecified atom stereocenters. The fourth-order valence-electron chi connectivity index (χ4n) is 3.97. The van der Waals surface area contributed by atoms with Gasteiger partial charge in [0.2, 0.25) is 12.7 Å². The molecular weight excluding hydrogens is 420 g/mol. The molecule has 2 N–H and O–H groups in total. The molecular formula is C22H21ClN4O4. The number of hydrogen-bond donors (Lipinski definition) is 2. The topological polar surface area (TPSA) is 96.8 Å². The number of carbonyl (C=O) groups is 1. The molecule has 31 heavy (non-hydrogen) atoms. The van der Waals surface area contributed by atoms with E-state index in [9.17, 15) is 9.90 Å². The van der Waals surface area contributed by atoms with E-state index in [1.165, 1.54) is 0 Å². The Morgan fingerprint density at radius 3 is 2.81 bits per heavy atom. The van der Waals surface area contributed by atoms with Gasteiger partial charge in [-0.1, -0.05) is 17.7 Å². The van der Waals surface area contributed by atoms with E-state index in [2.05, 4.69) is 10.3 Å². The standard InChI is InChI=1S/C22H21ClN4O4/c23-16-2-3-17-15(11-25-22(26-17)27-7-5-14(6-8-27)21(28)29)20(16)24-10-13-1-4-18-19(9-13)31-12-30-18/h1-4,9,11,14,24H,5-8,10,12H2,(H,28,29). The van der Waals surface area contributed by atoms with Crippen LogP contribution in [0.2, 0.25) is 5.02 Å². The highest BCUT2D eigenvalue weighted by molar-refractivity contribution is 6.34. The Bertz CT molecular complexity index is 1150. The summed E-state index contributed by atoms with van der Waals surface area (Å²) in [6.07, 6.45) is 2.97. The van der Waals surface area contributed by atoms with Crippen LogP contribution in [0.4, 0.5) is 11.6 Å². The average Bonchev–Trinajstić information content (AvgIpc) is 3.26. The van der Waals surface area contributed by atoms with Gasteiger partial charge in [0.25, 0.3) is 0 Å². The largest absolute Gasteiger partial charge is 0.481 e. The van der Waals surface area contributed by atoms with E-state index in [1.807, 2.05) is 35.2 Å². The van der Waals surface area contributed by atoms with E-state index in [-0.39, 0.29) is 12.7 Å². The van der Waals surface area contributed by atoms with Gasteiger partial charge in [-0.3, -0.25) is 4.79 Å². The van der Waals surface area contributed by atoms with Crippen molar-refractivity contribution in [3.05, 3.63) is 47.1 Å². The van der Waals surface area contributed by atoms with Crippen molar-refractivity contribution < 1.29 is 19.4 Å². The summed E-state index contributed by atoms with van der Waals surface area (Å²) in [6.45, 7) is 2.06. The lowest BCUT2D eigenvalue weighted by Crippen LogP contribution is -2.37. The SMILES string of the molecule is O=C(O)C1CCN(c2ncc3c(NCc4ccc5c(c4)OCO5)c(Cl)ccc3n2)CC1. The molecule has 2 aromatic carbocycles. The van der Waals surface area contributed by atoms with Crippen LogP contribution in [-0.4, -0.2) is 40.9 Å². The van der Waals surface area contributed by atoms with E-state index < -0.39 is 5.97 Å². The number of ether oxygens (including phenoxy) is 2. The van der Waals surface area contributed by atoms with Crippen molar-refractivity contribution in [2.45, 2.75) is 19.4 Å². The monoisotopic (exact) mass is 440 g/mol. The Kier molecular flexibility index (Phi) is 5.15. The highest BCUT2D eigenvalue weighted by Gasteiger charge is 2.26. The van der Waals surface area contributed by atoms with Gasteiger partial charge in [-0.05, 0) is 42.7 Å². The van der Waals surface area contributed by atoms with Gasteiger partial charge in [0, 0.05) is 31.2 Å². The number of fused-ring (bicyclic) bond motifs is 2. The Balaban J connectivity index is 1.35. The number of carboxylic acid groups (broad SMARTS) is 1. The van der Waals surface area contributed by atoms with Crippen LogP contribution >= 0.6 is 11.6 Å². The molecule has 0 aliphatic carbocycles. The highest BCUT2D eigenvalue weighted by Crippen LogP contribution is 2.34. The minimum absolute atomic E-state index is 0.245. The van der Waals surface area contributed by atoms with Crippen molar-refractivity contribution in [1.29, 1.82) is 0 Å². The Morgan fingerprint density at radius 2 is 2.00 bits per heavy atom. The van der Waals surface area contributed by atoms with E-state index in [0.717, 1.165) is 33.7 Å². The maximum Gasteiger partial charge on any atom is 0.306 e. The Morgan fingerprint density at radius 1 is 1.19 bits per heavy atom. The van der Waals surface area contributed by atoms with Crippen molar-refractivity contribution >= 4 is 40.1 Å². The summed E-state index contributed by atoms with van der Waals surface area (Å²) in [4.78, 5) is 22.5. The smallest absolute Gasteiger partial charge is 0.306 e. The van der Waals surface area contributed by atoms with Crippen molar-refractivity contribution in [1.82, 2.24) is 9.97 Å². The van der Waals surface area contributed by atoms with E-state index in [1.54, 1.807) is 6.20 Å². The van der Waals surface area contributed by atoms with Crippen LogP contribution in [0.3, 0.4) is 0 Å². The van der Waals surface area contributed by atoms with Crippen LogP contribution in [0, 0.1) is 5.92 Å². The summed E-state index contributed by atoms with van der Waals surface area (Å²) in [6, 6.07) is 9.52. The lowest BCUT2D eigenvalue weighted by molar-refractivity contribution is -0.142. The molecule has 160 valence electrons. The van der Waals surface area contributed by atoms with Crippen molar-refractivity contribution in [2.75, 3.05) is 30.1 Å². The minimum Gasteiger partial charge on any atom is -0.481 e. The fourth-order valence-corrected chi connectivity index (χ4v) is 4.20. The first-order chi connectivity index (χ1) is 15.1. The second-order valence-electron chi connectivity index (χ2n) is 7.67. The quantitative estimate of drug-likeness (QED) is 0.616. The normalized spacial score (nSPS) is 16.0. The molecule has 0 spiro atoms. The van der Waals surface area contributed by atoms with Gasteiger partial charge in [0.15, 0.2) is 11.5 Å². The first-order valence-electron chi connectivity index (χ1n) is 10.1. The van der Waals surface area contributed by atoms with Gasteiger partial charge >= 0.3 is 5.97 Å². The maximum atomic E-state index is 11.2. The molecule has 8 nitrogen and oxygen atoms in total. The third-order valence-corrected chi connectivity index (χ3v) is 6.05. The predicted molar refractivity (Wildman–Crippen MR) is 117 cm³/mol. The number of nitrogens with zero attached hydrogens (tertiary/aromatic N) is 3. The number of benzene rings is 2. The summed E-state index contributed by atoms with van der Waals surface area (Å²) in [5, 5.41) is 14.0. The number of nitrogens with one attached hydrogen (secondary N) is 1. The second-order valence-corrected chi connectivity index (χ2v) is 8.07. The van der Waals surface area contributed by atoms with Crippen LogP contribution < -0.4 is 19.7 Å². The molecule has 0 bridgehead atoms. The summed E-state index contributed by atoms with van der Waals surface area (Å²) in [5.74, 6) is 1.08. The highest BCUT2D eigenvalue weighted by atomic mass is 35.5. The molecule has 0 radical (unpaired) electrons. The maximum absolute atomic E-state index is 11.2. The summed E-state index contributed by atoms with van der Waals surface area (Å²) in [7, 11) is 0. The van der Waals surface area contributed by atoms with Gasteiger partial charge < -0.3 is 24.8 Å². The zero-order valence-electron chi connectivity index (χ0n) is 16.7. The molecule has 2 aliphatic heterocycles. The van der Waals surface area contributed by atoms with Crippen molar-refractivity contribution in [3.63, 3.8) is 0 Å². The molecule has 1 aromatic heterocycles. The zero-order chi connectivity index (χ0) is 21.4. The molecule has 3 aromatic rings. The molecule has 3 heterocycles. The number of piperidine rings is 1. The van der Waals surface area contributed by atoms with Gasteiger partial charge in [-0.25, -0.2) is 9.97 Å². The molecule has 1 fully saturated rings. The van der Waals surface area contributed by atoms with Crippen LogP contribution in [0.5, 0.6) is 11.5 Å². The van der Waals surface area contributed by atoms with Gasteiger partial charge in [0.05, 0.1) is 22.1 Å². The third kappa shape index (κ3) is 3.90. The molecule has 0 saturated carbocycles. The Hall–Kier alpha value is -3.26. The van der Waals surface area contributed by atoms with Crippen LogP contribution in [0.25, 0.3) is 10.9 Å². The first kappa shape index (κ1) is 19.7. The molecule has 0 atom stereocenters. The van der Waals surface area contributed by atoms with Crippen molar-refractivity contribution in [3.8, 4) is 11.5 Å². The third-order valence-electron chi connectivity index (χ3n) is 5.73. The lowest BCUT2D eigenvalue weighted by Gasteiger charge is -2.30. The van der Waals surface area contributed by atoms with Crippen LogP contribution in [0.15, 0.2) is 36.5 Å². The second kappa shape index (κ2) is 8.11. The molecule has 5 rings (SSSR count). The number of anilines is 2. The summed E-state index contributed by atoms with van der Waals surface area (Å²) < 4.78 is 10.8. The van der Waals surface area contributed by atoms with Crippen LogP contribution in [-0.2, 0) is 11.3 Å². The van der Waals surface area contributed by atoms with Gasteiger partial charge in [-0.15, -0.1) is 0 Å². The molecule has 9 heteroatoms. The predicted octanol–water partition coefficient (Wildman–Crippen LogP) is 3.93. The van der Waals surface area contributed by atoms with Crippen LogP contribution in [0.1, 0.15) is 18.4 Å². The number of halogens is 1. The van der Waals surface area contributed by atoms with E-state index >= 15 is 0 Å². The molecule has 1 saturated heterocycles. The Labute approximate surface area is 183 Å². The number of aliphatic carboxylic acids is 1. The average molecular weight is 441 g/mol. The van der Waals surface area contributed by atoms with Gasteiger partial charge in [0.1, 0.15) is 0 Å².